The molecule has 1 N–H and O–H groups in total. The minimum atomic E-state index is 0.179. The van der Waals surface area contributed by atoms with Gasteiger partial charge in [0.25, 0.3) is 0 Å². The SMILES string of the molecule is CCn1c(C)cc(CNc2ccccc2OC(C)C)c1C. The van der Waals surface area contributed by atoms with Crippen LogP contribution in [0.5, 0.6) is 5.75 Å². The van der Waals surface area contributed by atoms with E-state index in [1.165, 1.54) is 17.0 Å². The van der Waals surface area contributed by atoms with Gasteiger partial charge in [0, 0.05) is 24.5 Å². The summed E-state index contributed by atoms with van der Waals surface area (Å²) in [6, 6.07) is 10.4. The van der Waals surface area contributed by atoms with Crippen LogP contribution in [0.2, 0.25) is 0 Å². The maximum atomic E-state index is 5.85. The Labute approximate surface area is 127 Å². The number of hydrogen-bond acceptors (Lipinski definition) is 2. The zero-order valence-corrected chi connectivity index (χ0v) is 13.7. The molecule has 3 heteroatoms. The largest absolute Gasteiger partial charge is 0.489 e. The second-order valence-corrected chi connectivity index (χ2v) is 5.66. The van der Waals surface area contributed by atoms with Crippen LogP contribution in [0.4, 0.5) is 5.69 Å². The molecule has 0 atom stereocenters. The van der Waals surface area contributed by atoms with Gasteiger partial charge in [0.1, 0.15) is 5.75 Å². The van der Waals surface area contributed by atoms with Crippen LogP contribution < -0.4 is 10.1 Å². The van der Waals surface area contributed by atoms with Gasteiger partial charge in [0.15, 0.2) is 0 Å². The quantitative estimate of drug-likeness (QED) is 0.844. The molecule has 0 aliphatic heterocycles. The van der Waals surface area contributed by atoms with E-state index in [1.807, 2.05) is 32.0 Å². The fourth-order valence-electron chi connectivity index (χ4n) is 2.70. The molecule has 1 aromatic carbocycles. The van der Waals surface area contributed by atoms with Gasteiger partial charge in [-0.15, -0.1) is 0 Å². The number of hydrogen-bond donors (Lipinski definition) is 1. The Balaban J connectivity index is 2.13. The zero-order chi connectivity index (χ0) is 15.4. The van der Waals surface area contributed by atoms with Gasteiger partial charge < -0.3 is 14.6 Å². The van der Waals surface area contributed by atoms with E-state index >= 15 is 0 Å². The maximum Gasteiger partial charge on any atom is 0.142 e. The maximum absolute atomic E-state index is 5.85. The number of nitrogens with zero attached hydrogens (tertiary/aromatic N) is 1. The first-order chi connectivity index (χ1) is 10.0. The van der Waals surface area contributed by atoms with Gasteiger partial charge in [0.2, 0.25) is 0 Å². The molecule has 2 rings (SSSR count). The lowest BCUT2D eigenvalue weighted by Crippen LogP contribution is -2.09. The molecule has 0 saturated carbocycles. The Morgan fingerprint density at radius 1 is 1.19 bits per heavy atom. The molecule has 0 amide bonds. The van der Waals surface area contributed by atoms with Crippen molar-refractivity contribution in [2.75, 3.05) is 5.32 Å². The molecule has 1 aromatic heterocycles. The van der Waals surface area contributed by atoms with Crippen LogP contribution in [0.15, 0.2) is 30.3 Å². The van der Waals surface area contributed by atoms with Crippen molar-refractivity contribution < 1.29 is 4.74 Å². The molecular weight excluding hydrogens is 260 g/mol. The highest BCUT2D eigenvalue weighted by atomic mass is 16.5. The number of aryl methyl sites for hydroxylation is 1. The van der Waals surface area contributed by atoms with Gasteiger partial charge in [-0.05, 0) is 58.4 Å². The normalized spacial score (nSPS) is 11.0. The smallest absolute Gasteiger partial charge is 0.142 e. The molecule has 114 valence electrons. The van der Waals surface area contributed by atoms with Crippen LogP contribution in [0, 0.1) is 13.8 Å². The van der Waals surface area contributed by atoms with Gasteiger partial charge in [-0.1, -0.05) is 12.1 Å². The minimum Gasteiger partial charge on any atom is -0.489 e. The van der Waals surface area contributed by atoms with E-state index < -0.39 is 0 Å². The molecule has 0 bridgehead atoms. The summed E-state index contributed by atoms with van der Waals surface area (Å²) in [5.41, 5.74) is 5.05. The number of benzene rings is 1. The van der Waals surface area contributed by atoms with E-state index in [-0.39, 0.29) is 6.10 Å². The first-order valence-electron chi connectivity index (χ1n) is 7.68. The Kier molecular flexibility index (Phi) is 4.94. The summed E-state index contributed by atoms with van der Waals surface area (Å²) in [6.45, 7) is 12.5. The molecule has 0 spiro atoms. The lowest BCUT2D eigenvalue weighted by atomic mass is 10.2. The number of nitrogens with one attached hydrogen (secondary N) is 1. The second-order valence-electron chi connectivity index (χ2n) is 5.66. The summed E-state index contributed by atoms with van der Waals surface area (Å²) in [7, 11) is 0. The van der Waals surface area contributed by atoms with Crippen LogP contribution in [0.25, 0.3) is 0 Å². The van der Waals surface area contributed by atoms with Crippen molar-refractivity contribution in [2.24, 2.45) is 0 Å². The third kappa shape index (κ3) is 3.60. The van der Waals surface area contributed by atoms with Crippen LogP contribution in [-0.2, 0) is 13.1 Å². The molecule has 0 aliphatic rings. The Morgan fingerprint density at radius 2 is 1.90 bits per heavy atom. The number of ether oxygens (including phenoxy) is 1. The summed E-state index contributed by atoms with van der Waals surface area (Å²) in [5, 5.41) is 3.50. The average molecular weight is 286 g/mol. The van der Waals surface area contributed by atoms with Crippen LogP contribution in [-0.4, -0.2) is 10.7 Å². The van der Waals surface area contributed by atoms with E-state index in [9.17, 15) is 0 Å². The van der Waals surface area contributed by atoms with E-state index in [0.717, 1.165) is 24.5 Å². The minimum absolute atomic E-state index is 0.179. The lowest BCUT2D eigenvalue weighted by Gasteiger charge is -2.15. The van der Waals surface area contributed by atoms with Crippen molar-refractivity contribution in [3.63, 3.8) is 0 Å². The van der Waals surface area contributed by atoms with Gasteiger partial charge in [-0.2, -0.15) is 0 Å². The van der Waals surface area contributed by atoms with Crippen molar-refractivity contribution in [1.82, 2.24) is 4.57 Å². The zero-order valence-electron chi connectivity index (χ0n) is 13.7. The summed E-state index contributed by atoms with van der Waals surface area (Å²) in [6.07, 6.45) is 0.179. The molecule has 0 aliphatic carbocycles. The number of anilines is 1. The predicted octanol–water partition coefficient (Wildman–Crippen LogP) is 4.52. The van der Waals surface area contributed by atoms with Crippen molar-refractivity contribution in [2.45, 2.75) is 53.8 Å². The molecule has 0 radical (unpaired) electrons. The molecule has 1 heterocycles. The summed E-state index contributed by atoms with van der Waals surface area (Å²) in [4.78, 5) is 0. The first kappa shape index (κ1) is 15.5. The Bertz CT molecular complexity index is 599. The number of aromatic nitrogens is 1. The topological polar surface area (TPSA) is 26.2 Å². The summed E-state index contributed by atoms with van der Waals surface area (Å²) in [5.74, 6) is 0.914. The molecule has 0 saturated heterocycles. The van der Waals surface area contributed by atoms with Crippen molar-refractivity contribution in [3.8, 4) is 5.75 Å². The van der Waals surface area contributed by atoms with Crippen LogP contribution in [0.3, 0.4) is 0 Å². The monoisotopic (exact) mass is 286 g/mol. The van der Waals surface area contributed by atoms with Gasteiger partial charge >= 0.3 is 0 Å². The third-order valence-electron chi connectivity index (χ3n) is 3.71. The molecular formula is C18H26N2O. The van der Waals surface area contributed by atoms with Gasteiger partial charge in [-0.3, -0.25) is 0 Å². The highest BCUT2D eigenvalue weighted by molar-refractivity contribution is 5.56. The fraction of sp³-hybridized carbons (Fsp3) is 0.444. The van der Waals surface area contributed by atoms with Crippen molar-refractivity contribution in [3.05, 3.63) is 47.3 Å². The molecule has 0 unspecified atom stereocenters. The van der Waals surface area contributed by atoms with Gasteiger partial charge in [0.05, 0.1) is 11.8 Å². The standard InChI is InChI=1S/C18H26N2O/c1-6-20-14(4)11-16(15(20)5)12-19-17-9-7-8-10-18(17)21-13(2)3/h7-11,13,19H,6,12H2,1-5H3. The highest BCUT2D eigenvalue weighted by Crippen LogP contribution is 2.26. The van der Waals surface area contributed by atoms with E-state index in [2.05, 4.69) is 42.8 Å². The second kappa shape index (κ2) is 6.70. The molecule has 0 fully saturated rings. The Morgan fingerprint density at radius 3 is 2.52 bits per heavy atom. The van der Waals surface area contributed by atoms with Crippen molar-refractivity contribution in [1.29, 1.82) is 0 Å². The first-order valence-corrected chi connectivity index (χ1v) is 7.68. The molecule has 3 nitrogen and oxygen atoms in total. The number of rotatable bonds is 6. The molecule has 21 heavy (non-hydrogen) atoms. The third-order valence-corrected chi connectivity index (χ3v) is 3.71. The van der Waals surface area contributed by atoms with Gasteiger partial charge in [-0.25, -0.2) is 0 Å². The lowest BCUT2D eigenvalue weighted by molar-refractivity contribution is 0.243. The van der Waals surface area contributed by atoms with Crippen LogP contribution >= 0.6 is 0 Å². The Hall–Kier alpha value is -1.90. The predicted molar refractivity (Wildman–Crippen MR) is 89.1 cm³/mol. The number of para-hydroxylation sites is 2. The summed E-state index contributed by atoms with van der Waals surface area (Å²) >= 11 is 0. The van der Waals surface area contributed by atoms with E-state index in [0.29, 0.717) is 0 Å². The van der Waals surface area contributed by atoms with E-state index in [4.69, 9.17) is 4.74 Å². The highest BCUT2D eigenvalue weighted by Gasteiger charge is 2.09. The molecule has 2 aromatic rings. The van der Waals surface area contributed by atoms with Crippen LogP contribution in [0.1, 0.15) is 37.7 Å². The fourth-order valence-corrected chi connectivity index (χ4v) is 2.70. The van der Waals surface area contributed by atoms with E-state index in [1.54, 1.807) is 0 Å². The summed E-state index contributed by atoms with van der Waals surface area (Å²) < 4.78 is 8.19. The average Bonchev–Trinajstić information content (AvgIpc) is 2.71. The van der Waals surface area contributed by atoms with Crippen molar-refractivity contribution >= 4 is 5.69 Å².